The topological polar surface area (TPSA) is 46.6 Å². The van der Waals surface area contributed by atoms with Crippen molar-refractivity contribution in [1.29, 1.82) is 0 Å². The summed E-state index contributed by atoms with van der Waals surface area (Å²) in [5.41, 5.74) is -0.0921. The maximum atomic E-state index is 12.4. The lowest BCUT2D eigenvalue weighted by Gasteiger charge is -2.38. The van der Waals surface area contributed by atoms with Gasteiger partial charge in [0.05, 0.1) is 6.61 Å². The van der Waals surface area contributed by atoms with E-state index in [2.05, 4.69) is 0 Å². The predicted molar refractivity (Wildman–Crippen MR) is 67.8 cm³/mol. The van der Waals surface area contributed by atoms with Crippen LogP contribution in [0.2, 0.25) is 0 Å². The molecule has 0 spiro atoms. The molecule has 2 aliphatic rings. The largest absolute Gasteiger partial charge is 0.464 e. The summed E-state index contributed by atoms with van der Waals surface area (Å²) in [5.74, 6) is -0.198. The third-order valence-electron chi connectivity index (χ3n) is 3.92. The Morgan fingerprint density at radius 2 is 2.17 bits per heavy atom. The van der Waals surface area contributed by atoms with E-state index in [4.69, 9.17) is 4.74 Å². The smallest absolute Gasteiger partial charge is 0.332 e. The molecular formula is C14H21NO3. The molecule has 100 valence electrons. The van der Waals surface area contributed by atoms with Crippen LogP contribution in [0.3, 0.4) is 0 Å². The molecule has 0 unspecified atom stereocenters. The van der Waals surface area contributed by atoms with Crippen molar-refractivity contribution in [3.05, 3.63) is 11.6 Å². The zero-order chi connectivity index (χ0) is 13.6. The Bertz CT molecular complexity index is 425. The average molecular weight is 251 g/mol. The Balaban J connectivity index is 2.42. The first-order valence-electron chi connectivity index (χ1n) is 6.48. The molecule has 0 aromatic heterocycles. The summed E-state index contributed by atoms with van der Waals surface area (Å²) in [4.78, 5) is 26.4. The molecule has 4 heteroatoms. The van der Waals surface area contributed by atoms with Gasteiger partial charge in [-0.3, -0.25) is 4.79 Å². The van der Waals surface area contributed by atoms with Crippen LogP contribution in [-0.2, 0) is 14.3 Å². The van der Waals surface area contributed by atoms with Gasteiger partial charge in [-0.2, -0.15) is 0 Å². The number of amides is 1. The maximum absolute atomic E-state index is 12.4. The molecule has 0 aromatic carbocycles. The van der Waals surface area contributed by atoms with Crippen LogP contribution in [-0.4, -0.2) is 35.5 Å². The van der Waals surface area contributed by atoms with Crippen LogP contribution in [0.4, 0.5) is 0 Å². The van der Waals surface area contributed by atoms with Crippen molar-refractivity contribution < 1.29 is 14.3 Å². The van der Waals surface area contributed by atoms with E-state index in [9.17, 15) is 9.59 Å². The Kier molecular flexibility index (Phi) is 2.99. The Labute approximate surface area is 108 Å². The summed E-state index contributed by atoms with van der Waals surface area (Å²) in [6.07, 6.45) is 3.17. The summed E-state index contributed by atoms with van der Waals surface area (Å²) >= 11 is 0. The van der Waals surface area contributed by atoms with E-state index in [-0.39, 0.29) is 11.9 Å². The van der Waals surface area contributed by atoms with E-state index < -0.39 is 11.0 Å². The summed E-state index contributed by atoms with van der Waals surface area (Å²) in [7, 11) is 0. The Hall–Kier alpha value is -1.32. The quantitative estimate of drug-likeness (QED) is 0.556. The van der Waals surface area contributed by atoms with Gasteiger partial charge in [0, 0.05) is 18.4 Å². The van der Waals surface area contributed by atoms with Crippen molar-refractivity contribution in [2.75, 3.05) is 13.2 Å². The first-order chi connectivity index (χ1) is 8.33. The van der Waals surface area contributed by atoms with E-state index in [0.29, 0.717) is 26.0 Å². The van der Waals surface area contributed by atoms with Crippen LogP contribution in [0.15, 0.2) is 11.6 Å². The van der Waals surface area contributed by atoms with Gasteiger partial charge in [-0.15, -0.1) is 0 Å². The highest BCUT2D eigenvalue weighted by molar-refractivity contribution is 5.95. The van der Waals surface area contributed by atoms with E-state index in [0.717, 1.165) is 5.57 Å². The van der Waals surface area contributed by atoms with E-state index >= 15 is 0 Å². The summed E-state index contributed by atoms with van der Waals surface area (Å²) in [6, 6.07) is 0. The van der Waals surface area contributed by atoms with Gasteiger partial charge in [-0.25, -0.2) is 4.79 Å². The van der Waals surface area contributed by atoms with Gasteiger partial charge in [0.2, 0.25) is 5.91 Å². The second kappa shape index (κ2) is 4.11. The number of esters is 1. The molecular weight excluding hydrogens is 230 g/mol. The van der Waals surface area contributed by atoms with Crippen molar-refractivity contribution in [3.63, 3.8) is 0 Å². The maximum Gasteiger partial charge on any atom is 0.332 e. The normalized spacial score (nSPS) is 29.9. The highest BCUT2D eigenvalue weighted by Crippen LogP contribution is 2.47. The molecule has 2 rings (SSSR count). The fraction of sp³-hybridized carbons (Fsp3) is 0.714. The first kappa shape index (κ1) is 13.1. The molecule has 4 nitrogen and oxygen atoms in total. The molecule has 0 aromatic rings. The second-order valence-corrected chi connectivity index (χ2v) is 5.96. The lowest BCUT2D eigenvalue weighted by Crippen LogP contribution is -2.54. The van der Waals surface area contributed by atoms with Gasteiger partial charge in [0.25, 0.3) is 0 Å². The molecule has 0 saturated carbocycles. The highest BCUT2D eigenvalue weighted by atomic mass is 16.5. The van der Waals surface area contributed by atoms with Crippen LogP contribution in [0.1, 0.15) is 40.5 Å². The van der Waals surface area contributed by atoms with Gasteiger partial charge < -0.3 is 9.64 Å². The molecule has 1 fully saturated rings. The van der Waals surface area contributed by atoms with Gasteiger partial charge in [0.15, 0.2) is 0 Å². The van der Waals surface area contributed by atoms with E-state index in [1.165, 1.54) is 0 Å². The summed E-state index contributed by atoms with van der Waals surface area (Å²) in [5, 5.41) is 0. The zero-order valence-corrected chi connectivity index (χ0v) is 11.6. The van der Waals surface area contributed by atoms with Gasteiger partial charge in [-0.05, 0) is 20.3 Å². The first-order valence-corrected chi connectivity index (χ1v) is 6.48. The molecule has 1 saturated heterocycles. The highest BCUT2D eigenvalue weighted by Gasteiger charge is 2.60. The number of fused-ring (bicyclic) bond motifs is 1. The fourth-order valence-corrected chi connectivity index (χ4v) is 3.18. The number of nitrogens with zero attached hydrogens (tertiary/aromatic N) is 1. The third kappa shape index (κ3) is 1.74. The number of ether oxygens (including phenoxy) is 1. The van der Waals surface area contributed by atoms with Crippen LogP contribution >= 0.6 is 0 Å². The molecule has 1 atom stereocenters. The average Bonchev–Trinajstić information content (AvgIpc) is 2.47. The molecule has 18 heavy (non-hydrogen) atoms. The third-order valence-corrected chi connectivity index (χ3v) is 3.92. The van der Waals surface area contributed by atoms with Crippen molar-refractivity contribution in [1.82, 2.24) is 4.90 Å². The summed E-state index contributed by atoms with van der Waals surface area (Å²) in [6.45, 7) is 8.49. The van der Waals surface area contributed by atoms with Crippen molar-refractivity contribution in [3.8, 4) is 0 Å². The van der Waals surface area contributed by atoms with Gasteiger partial charge in [0.1, 0.15) is 5.54 Å². The van der Waals surface area contributed by atoms with Crippen molar-refractivity contribution in [2.24, 2.45) is 5.41 Å². The SMILES string of the molecule is CCOC(=O)[C@@]12CC(C)=CCN1C(=O)C(C)(C)C2. The number of hydrogen-bond donors (Lipinski definition) is 0. The standard InChI is InChI=1S/C14H21NO3/c1-5-18-12(17)14-8-10(2)6-7-15(14)11(16)13(3,4)9-14/h6H,5,7-9H2,1-4H3/t14-/m0/s1. The van der Waals surface area contributed by atoms with Crippen LogP contribution in [0, 0.1) is 5.41 Å². The minimum absolute atomic E-state index is 0.0549. The zero-order valence-electron chi connectivity index (χ0n) is 11.6. The van der Waals surface area contributed by atoms with Crippen molar-refractivity contribution >= 4 is 11.9 Å². The van der Waals surface area contributed by atoms with Crippen LogP contribution in [0.5, 0.6) is 0 Å². The fourth-order valence-electron chi connectivity index (χ4n) is 3.18. The van der Waals surface area contributed by atoms with Gasteiger partial charge >= 0.3 is 5.97 Å². The number of rotatable bonds is 2. The minimum atomic E-state index is -0.768. The number of carbonyl (C=O) groups excluding carboxylic acids is 2. The molecule has 0 radical (unpaired) electrons. The molecule has 2 heterocycles. The van der Waals surface area contributed by atoms with E-state index in [1.54, 1.807) is 11.8 Å². The molecule has 0 bridgehead atoms. The molecule has 0 N–H and O–H groups in total. The number of carbonyl (C=O) groups is 2. The Morgan fingerprint density at radius 3 is 2.78 bits per heavy atom. The van der Waals surface area contributed by atoms with Crippen molar-refractivity contribution in [2.45, 2.75) is 46.1 Å². The second-order valence-electron chi connectivity index (χ2n) is 5.96. The van der Waals surface area contributed by atoms with Crippen LogP contribution in [0.25, 0.3) is 0 Å². The van der Waals surface area contributed by atoms with Crippen LogP contribution < -0.4 is 0 Å². The monoisotopic (exact) mass is 251 g/mol. The lowest BCUT2D eigenvalue weighted by molar-refractivity contribution is -0.159. The minimum Gasteiger partial charge on any atom is -0.464 e. The number of hydrogen-bond acceptors (Lipinski definition) is 3. The molecule has 0 aliphatic carbocycles. The van der Waals surface area contributed by atoms with Gasteiger partial charge in [-0.1, -0.05) is 25.5 Å². The molecule has 2 aliphatic heterocycles. The summed E-state index contributed by atoms with van der Waals surface area (Å²) < 4.78 is 5.22. The predicted octanol–water partition coefficient (Wildman–Crippen LogP) is 1.90. The van der Waals surface area contributed by atoms with E-state index in [1.807, 2.05) is 26.8 Å². The Morgan fingerprint density at radius 1 is 1.50 bits per heavy atom. The molecule has 1 amide bonds. The lowest BCUT2D eigenvalue weighted by atomic mass is 9.79.